The fourth-order valence-corrected chi connectivity index (χ4v) is 3.91. The molecule has 4 aromatic carbocycles. The molecule has 0 bridgehead atoms. The average Bonchev–Trinajstić information content (AvgIpc) is 2.85. The molecule has 0 fully saturated rings. The van der Waals surface area contributed by atoms with Crippen LogP contribution in [0.4, 0.5) is 11.4 Å². The Kier molecular flexibility index (Phi) is 11.1. The molecule has 0 atom stereocenters. The van der Waals surface area contributed by atoms with Gasteiger partial charge in [0.15, 0.2) is 0 Å². The fraction of sp³-hybridized carbons (Fsp3) is 0.200. The second-order valence-electron chi connectivity index (χ2n) is 8.53. The molecule has 3 nitrogen and oxygen atoms in total. The number of benzene rings is 4. The lowest BCUT2D eigenvalue weighted by molar-refractivity contribution is 0.824. The third kappa shape index (κ3) is 8.63. The minimum absolute atomic E-state index is 0. The SMILES string of the molecule is Cc1cc(NCc2ccccc2)cc(C)c1Cl.Cc1cc(NCc2ccccc2)cc(C)c1Cl.O. The van der Waals surface area contributed by atoms with E-state index < -0.39 is 0 Å². The van der Waals surface area contributed by atoms with Crippen molar-refractivity contribution in [2.24, 2.45) is 0 Å². The summed E-state index contributed by atoms with van der Waals surface area (Å²) in [4.78, 5) is 0. The molecule has 0 saturated heterocycles. The summed E-state index contributed by atoms with van der Waals surface area (Å²) in [6.07, 6.45) is 0. The van der Waals surface area contributed by atoms with Gasteiger partial charge >= 0.3 is 0 Å². The fourth-order valence-electron chi connectivity index (χ4n) is 3.70. The summed E-state index contributed by atoms with van der Waals surface area (Å²) in [6.45, 7) is 9.79. The molecule has 0 saturated carbocycles. The van der Waals surface area contributed by atoms with Crippen molar-refractivity contribution in [2.45, 2.75) is 40.8 Å². The van der Waals surface area contributed by atoms with E-state index in [9.17, 15) is 0 Å². The number of anilines is 2. The van der Waals surface area contributed by atoms with Gasteiger partial charge in [-0.15, -0.1) is 0 Å². The van der Waals surface area contributed by atoms with Crippen molar-refractivity contribution < 1.29 is 5.48 Å². The zero-order valence-electron chi connectivity index (χ0n) is 20.8. The topological polar surface area (TPSA) is 55.6 Å². The normalized spacial score (nSPS) is 10.0. The first-order valence-electron chi connectivity index (χ1n) is 11.4. The van der Waals surface area contributed by atoms with Crippen LogP contribution in [0.1, 0.15) is 33.4 Å². The van der Waals surface area contributed by atoms with Crippen molar-refractivity contribution in [1.29, 1.82) is 0 Å². The van der Waals surface area contributed by atoms with Crippen molar-refractivity contribution in [2.75, 3.05) is 10.6 Å². The molecule has 0 amide bonds. The molecule has 4 aromatic rings. The van der Waals surface area contributed by atoms with Gasteiger partial charge in [0.25, 0.3) is 0 Å². The first-order valence-corrected chi connectivity index (χ1v) is 12.2. The van der Waals surface area contributed by atoms with E-state index >= 15 is 0 Å². The largest absolute Gasteiger partial charge is 0.412 e. The van der Waals surface area contributed by atoms with E-state index in [1.165, 1.54) is 11.1 Å². The molecule has 0 aromatic heterocycles. The van der Waals surface area contributed by atoms with E-state index in [0.29, 0.717) is 0 Å². The second-order valence-corrected chi connectivity index (χ2v) is 9.28. The molecule has 0 aliphatic rings. The van der Waals surface area contributed by atoms with E-state index in [-0.39, 0.29) is 5.48 Å². The Bertz CT molecular complexity index is 1070. The van der Waals surface area contributed by atoms with Crippen LogP contribution in [0.25, 0.3) is 0 Å². The van der Waals surface area contributed by atoms with Crippen molar-refractivity contribution in [3.8, 4) is 0 Å². The zero-order chi connectivity index (χ0) is 24.5. The Morgan fingerprint density at radius 2 is 0.800 bits per heavy atom. The van der Waals surface area contributed by atoms with Gasteiger partial charge in [-0.3, -0.25) is 0 Å². The molecular formula is C30H34Cl2N2O. The van der Waals surface area contributed by atoms with Crippen molar-refractivity contribution in [3.05, 3.63) is 128 Å². The smallest absolute Gasteiger partial charge is 0.0465 e. The van der Waals surface area contributed by atoms with Crippen LogP contribution in [0.2, 0.25) is 10.0 Å². The molecule has 0 heterocycles. The molecule has 184 valence electrons. The first kappa shape index (κ1) is 28.3. The molecule has 4 N–H and O–H groups in total. The third-order valence-corrected chi connectivity index (χ3v) is 6.74. The first-order chi connectivity index (χ1) is 16.3. The number of hydrogen-bond acceptors (Lipinski definition) is 2. The Morgan fingerprint density at radius 3 is 1.09 bits per heavy atom. The van der Waals surface area contributed by atoms with Gasteiger partial charge in [-0.1, -0.05) is 83.9 Å². The Hall–Kier alpha value is -2.98. The van der Waals surface area contributed by atoms with Crippen molar-refractivity contribution in [1.82, 2.24) is 0 Å². The van der Waals surface area contributed by atoms with Gasteiger partial charge in [0.1, 0.15) is 0 Å². The van der Waals surface area contributed by atoms with Crippen LogP contribution in [0, 0.1) is 27.7 Å². The van der Waals surface area contributed by atoms with Gasteiger partial charge < -0.3 is 16.1 Å². The number of rotatable bonds is 6. The Labute approximate surface area is 219 Å². The summed E-state index contributed by atoms with van der Waals surface area (Å²) in [5, 5.41) is 8.54. The minimum atomic E-state index is 0. The summed E-state index contributed by atoms with van der Waals surface area (Å²) in [7, 11) is 0. The maximum absolute atomic E-state index is 6.14. The highest BCUT2D eigenvalue weighted by Gasteiger charge is 2.03. The van der Waals surface area contributed by atoms with Crippen LogP contribution < -0.4 is 10.6 Å². The Morgan fingerprint density at radius 1 is 0.514 bits per heavy atom. The van der Waals surface area contributed by atoms with Crippen LogP contribution >= 0.6 is 23.2 Å². The van der Waals surface area contributed by atoms with Crippen LogP contribution in [-0.4, -0.2) is 5.48 Å². The molecule has 0 radical (unpaired) electrons. The number of aryl methyl sites for hydroxylation is 4. The molecule has 0 aliphatic heterocycles. The maximum atomic E-state index is 6.14. The molecule has 0 unspecified atom stereocenters. The molecular weight excluding hydrogens is 475 g/mol. The summed E-state index contributed by atoms with van der Waals surface area (Å²) < 4.78 is 0. The summed E-state index contributed by atoms with van der Waals surface area (Å²) in [5.74, 6) is 0. The summed E-state index contributed by atoms with van der Waals surface area (Å²) >= 11 is 12.3. The number of hydrogen-bond donors (Lipinski definition) is 2. The monoisotopic (exact) mass is 508 g/mol. The van der Waals surface area contributed by atoms with Gasteiger partial charge in [-0.2, -0.15) is 0 Å². The Balaban J connectivity index is 0.000000240. The van der Waals surface area contributed by atoms with E-state index in [0.717, 1.165) is 56.8 Å². The molecule has 5 heteroatoms. The lowest BCUT2D eigenvalue weighted by Gasteiger charge is -2.10. The van der Waals surface area contributed by atoms with E-state index in [1.54, 1.807) is 0 Å². The van der Waals surface area contributed by atoms with Gasteiger partial charge in [0, 0.05) is 34.5 Å². The molecule has 0 aliphatic carbocycles. The molecule has 4 rings (SSSR count). The lowest BCUT2D eigenvalue weighted by atomic mass is 10.1. The maximum Gasteiger partial charge on any atom is 0.0465 e. The molecule has 35 heavy (non-hydrogen) atoms. The van der Waals surface area contributed by atoms with Crippen LogP contribution in [0.5, 0.6) is 0 Å². The van der Waals surface area contributed by atoms with Crippen LogP contribution in [0.15, 0.2) is 84.9 Å². The standard InChI is InChI=1S/2C15H16ClN.H2O/c2*1-11-8-14(9-12(2)15(11)16)17-10-13-6-4-3-5-7-13;/h2*3-9,17H,10H2,1-2H3;1H2. The van der Waals surface area contributed by atoms with Crippen molar-refractivity contribution >= 4 is 34.6 Å². The third-order valence-electron chi connectivity index (χ3n) is 5.55. The van der Waals surface area contributed by atoms with Gasteiger partial charge in [-0.25, -0.2) is 0 Å². The highest BCUT2D eigenvalue weighted by Crippen LogP contribution is 2.25. The predicted octanol–water partition coefficient (Wildman–Crippen LogP) is 8.31. The molecule has 0 spiro atoms. The average molecular weight is 510 g/mol. The van der Waals surface area contributed by atoms with E-state index in [1.807, 2.05) is 39.8 Å². The quantitative estimate of drug-likeness (QED) is 0.275. The van der Waals surface area contributed by atoms with Crippen LogP contribution in [0.3, 0.4) is 0 Å². The van der Waals surface area contributed by atoms with Crippen molar-refractivity contribution in [3.63, 3.8) is 0 Å². The predicted molar refractivity (Wildman–Crippen MR) is 153 cm³/mol. The number of halogens is 2. The lowest BCUT2D eigenvalue weighted by Crippen LogP contribution is -2.00. The van der Waals surface area contributed by atoms with E-state index in [4.69, 9.17) is 23.2 Å². The summed E-state index contributed by atoms with van der Waals surface area (Å²) in [6, 6.07) is 29.0. The summed E-state index contributed by atoms with van der Waals surface area (Å²) in [5.41, 5.74) is 9.24. The van der Waals surface area contributed by atoms with E-state index in [2.05, 4.69) is 83.4 Å². The zero-order valence-corrected chi connectivity index (χ0v) is 22.3. The highest BCUT2D eigenvalue weighted by molar-refractivity contribution is 6.32. The number of nitrogens with one attached hydrogen (secondary N) is 2. The minimum Gasteiger partial charge on any atom is -0.412 e. The van der Waals surface area contributed by atoms with Gasteiger partial charge in [0.2, 0.25) is 0 Å². The second kappa shape index (κ2) is 13.8. The van der Waals surface area contributed by atoms with Gasteiger partial charge in [0.05, 0.1) is 0 Å². The highest BCUT2D eigenvalue weighted by atomic mass is 35.5. The van der Waals surface area contributed by atoms with Crippen LogP contribution in [-0.2, 0) is 13.1 Å². The van der Waals surface area contributed by atoms with Gasteiger partial charge in [-0.05, 0) is 85.3 Å².